The third kappa shape index (κ3) is 4.39. The lowest BCUT2D eigenvalue weighted by molar-refractivity contribution is 0.325. The highest BCUT2D eigenvalue weighted by Crippen LogP contribution is 2.16. The highest BCUT2D eigenvalue weighted by atomic mass is 16.5. The number of aryl methyl sites for hydroxylation is 3. The summed E-state index contributed by atoms with van der Waals surface area (Å²) in [6.07, 6.45) is 6.47. The summed E-state index contributed by atoms with van der Waals surface area (Å²) in [5, 5.41) is 7.54. The summed E-state index contributed by atoms with van der Waals surface area (Å²) in [6, 6.07) is 10.4. The zero-order chi connectivity index (χ0) is 14.3. The molecule has 0 bridgehead atoms. The molecule has 112 valence electrons. The molecule has 0 amide bonds. The van der Waals surface area contributed by atoms with E-state index in [4.69, 9.17) is 4.52 Å². The molecular formula is C17H23N3O. The molecule has 1 aliphatic rings. The van der Waals surface area contributed by atoms with Gasteiger partial charge < -0.3 is 9.84 Å². The third-order valence-corrected chi connectivity index (χ3v) is 4.16. The molecule has 4 heteroatoms. The molecule has 1 unspecified atom stereocenters. The Morgan fingerprint density at radius 2 is 2.05 bits per heavy atom. The van der Waals surface area contributed by atoms with Crippen molar-refractivity contribution in [3.05, 3.63) is 47.6 Å². The number of piperidine rings is 1. The number of aromatic nitrogens is 2. The molecule has 1 aromatic heterocycles. The quantitative estimate of drug-likeness (QED) is 0.886. The van der Waals surface area contributed by atoms with Gasteiger partial charge in [-0.05, 0) is 50.3 Å². The SMILES string of the molecule is c1ccc(CCc2noc(CCC3CCCNC3)n2)cc1. The van der Waals surface area contributed by atoms with E-state index < -0.39 is 0 Å². The zero-order valence-corrected chi connectivity index (χ0v) is 12.4. The molecule has 0 radical (unpaired) electrons. The number of benzene rings is 1. The van der Waals surface area contributed by atoms with Gasteiger partial charge in [0.05, 0.1) is 0 Å². The zero-order valence-electron chi connectivity index (χ0n) is 12.4. The van der Waals surface area contributed by atoms with E-state index in [2.05, 4.69) is 39.7 Å². The average Bonchev–Trinajstić information content (AvgIpc) is 3.01. The first-order chi connectivity index (χ1) is 10.4. The van der Waals surface area contributed by atoms with E-state index in [0.717, 1.165) is 49.9 Å². The summed E-state index contributed by atoms with van der Waals surface area (Å²) in [4.78, 5) is 4.51. The van der Waals surface area contributed by atoms with Gasteiger partial charge in [0.15, 0.2) is 5.82 Å². The molecule has 1 fully saturated rings. The van der Waals surface area contributed by atoms with Crippen LogP contribution in [0, 0.1) is 5.92 Å². The van der Waals surface area contributed by atoms with Gasteiger partial charge in [0.1, 0.15) is 0 Å². The molecule has 1 atom stereocenters. The molecule has 1 saturated heterocycles. The van der Waals surface area contributed by atoms with Crippen LogP contribution in [-0.2, 0) is 19.3 Å². The van der Waals surface area contributed by atoms with Crippen molar-refractivity contribution in [1.82, 2.24) is 15.5 Å². The Morgan fingerprint density at radius 1 is 1.14 bits per heavy atom. The third-order valence-electron chi connectivity index (χ3n) is 4.16. The van der Waals surface area contributed by atoms with Crippen molar-refractivity contribution in [3.63, 3.8) is 0 Å². The van der Waals surface area contributed by atoms with Crippen molar-refractivity contribution < 1.29 is 4.52 Å². The van der Waals surface area contributed by atoms with Gasteiger partial charge in [-0.3, -0.25) is 0 Å². The molecule has 0 aliphatic carbocycles. The van der Waals surface area contributed by atoms with Crippen molar-refractivity contribution in [1.29, 1.82) is 0 Å². The molecule has 2 aromatic rings. The van der Waals surface area contributed by atoms with Crippen LogP contribution in [0.15, 0.2) is 34.9 Å². The van der Waals surface area contributed by atoms with Crippen LogP contribution in [0.5, 0.6) is 0 Å². The van der Waals surface area contributed by atoms with Crippen LogP contribution in [-0.4, -0.2) is 23.2 Å². The lowest BCUT2D eigenvalue weighted by Gasteiger charge is -2.21. The summed E-state index contributed by atoms with van der Waals surface area (Å²) >= 11 is 0. The molecule has 3 rings (SSSR count). The van der Waals surface area contributed by atoms with E-state index in [0.29, 0.717) is 0 Å². The van der Waals surface area contributed by atoms with E-state index in [1.807, 2.05) is 6.07 Å². The number of nitrogens with zero attached hydrogens (tertiary/aromatic N) is 2. The lowest BCUT2D eigenvalue weighted by Crippen LogP contribution is -2.29. The van der Waals surface area contributed by atoms with Gasteiger partial charge in [0.25, 0.3) is 0 Å². The van der Waals surface area contributed by atoms with Gasteiger partial charge in [0.2, 0.25) is 5.89 Å². The molecule has 2 heterocycles. The molecule has 21 heavy (non-hydrogen) atoms. The first-order valence-electron chi connectivity index (χ1n) is 7.96. The largest absolute Gasteiger partial charge is 0.339 e. The Kier molecular flexibility index (Phi) is 5.00. The molecule has 0 saturated carbocycles. The maximum atomic E-state index is 5.36. The minimum atomic E-state index is 0.762. The van der Waals surface area contributed by atoms with Gasteiger partial charge in [-0.1, -0.05) is 35.5 Å². The first-order valence-corrected chi connectivity index (χ1v) is 7.96. The lowest BCUT2D eigenvalue weighted by atomic mass is 9.95. The Balaban J connectivity index is 1.45. The van der Waals surface area contributed by atoms with Crippen molar-refractivity contribution in [2.75, 3.05) is 13.1 Å². The fourth-order valence-electron chi connectivity index (χ4n) is 2.89. The first kappa shape index (κ1) is 14.3. The van der Waals surface area contributed by atoms with Crippen LogP contribution in [0.4, 0.5) is 0 Å². The smallest absolute Gasteiger partial charge is 0.226 e. The summed E-state index contributed by atoms with van der Waals surface area (Å²) < 4.78 is 5.36. The second-order valence-corrected chi connectivity index (χ2v) is 5.84. The van der Waals surface area contributed by atoms with Crippen LogP contribution in [0.25, 0.3) is 0 Å². The Bertz CT molecular complexity index is 532. The minimum Gasteiger partial charge on any atom is -0.339 e. The van der Waals surface area contributed by atoms with Gasteiger partial charge in [0, 0.05) is 12.8 Å². The fraction of sp³-hybridized carbons (Fsp3) is 0.529. The van der Waals surface area contributed by atoms with Crippen molar-refractivity contribution in [2.24, 2.45) is 5.92 Å². The monoisotopic (exact) mass is 285 g/mol. The van der Waals surface area contributed by atoms with Crippen LogP contribution in [0.3, 0.4) is 0 Å². The number of hydrogen-bond acceptors (Lipinski definition) is 4. The number of nitrogens with one attached hydrogen (secondary N) is 1. The average molecular weight is 285 g/mol. The van der Waals surface area contributed by atoms with E-state index in [9.17, 15) is 0 Å². The van der Waals surface area contributed by atoms with Crippen molar-refractivity contribution in [3.8, 4) is 0 Å². The number of rotatable bonds is 6. The Morgan fingerprint density at radius 3 is 2.86 bits per heavy atom. The van der Waals surface area contributed by atoms with E-state index in [1.54, 1.807) is 0 Å². The van der Waals surface area contributed by atoms with E-state index in [1.165, 1.54) is 24.9 Å². The molecule has 4 nitrogen and oxygen atoms in total. The molecule has 1 aromatic carbocycles. The van der Waals surface area contributed by atoms with E-state index >= 15 is 0 Å². The minimum absolute atomic E-state index is 0.762. The summed E-state index contributed by atoms with van der Waals surface area (Å²) in [6.45, 7) is 2.30. The van der Waals surface area contributed by atoms with Gasteiger partial charge >= 0.3 is 0 Å². The summed E-state index contributed by atoms with van der Waals surface area (Å²) in [7, 11) is 0. The van der Waals surface area contributed by atoms with Crippen molar-refractivity contribution in [2.45, 2.75) is 38.5 Å². The van der Waals surface area contributed by atoms with Crippen molar-refractivity contribution >= 4 is 0 Å². The van der Waals surface area contributed by atoms with Gasteiger partial charge in [-0.15, -0.1) is 0 Å². The highest BCUT2D eigenvalue weighted by Gasteiger charge is 2.14. The molecule has 1 N–H and O–H groups in total. The number of hydrogen-bond donors (Lipinski definition) is 1. The van der Waals surface area contributed by atoms with E-state index in [-0.39, 0.29) is 0 Å². The normalized spacial score (nSPS) is 18.8. The van der Waals surface area contributed by atoms with Gasteiger partial charge in [-0.25, -0.2) is 0 Å². The Hall–Kier alpha value is -1.68. The second kappa shape index (κ2) is 7.36. The second-order valence-electron chi connectivity index (χ2n) is 5.84. The molecule has 1 aliphatic heterocycles. The molecule has 0 spiro atoms. The predicted molar refractivity (Wildman–Crippen MR) is 82.1 cm³/mol. The highest BCUT2D eigenvalue weighted by molar-refractivity contribution is 5.15. The van der Waals surface area contributed by atoms with Crippen LogP contribution in [0.2, 0.25) is 0 Å². The fourth-order valence-corrected chi connectivity index (χ4v) is 2.89. The maximum absolute atomic E-state index is 5.36. The summed E-state index contributed by atoms with van der Waals surface area (Å²) in [5.41, 5.74) is 1.32. The maximum Gasteiger partial charge on any atom is 0.226 e. The van der Waals surface area contributed by atoms with Crippen LogP contribution < -0.4 is 5.32 Å². The topological polar surface area (TPSA) is 51.0 Å². The standard InChI is InChI=1S/C17H23N3O/c1-2-5-14(6-3-1)8-10-16-19-17(21-20-16)11-9-15-7-4-12-18-13-15/h1-3,5-6,15,18H,4,7-13H2. The summed E-state index contributed by atoms with van der Waals surface area (Å²) in [5.74, 6) is 2.39. The Labute approximate surface area is 126 Å². The molecular weight excluding hydrogens is 262 g/mol. The van der Waals surface area contributed by atoms with Gasteiger partial charge in [-0.2, -0.15) is 4.98 Å². The van der Waals surface area contributed by atoms with Crippen LogP contribution in [0.1, 0.15) is 36.5 Å². The van der Waals surface area contributed by atoms with Crippen LogP contribution >= 0.6 is 0 Å². The predicted octanol–water partition coefficient (Wildman–Crippen LogP) is 2.79.